The minimum absolute atomic E-state index is 0. The smallest absolute Gasteiger partial charge is 0.457 e. The van der Waals surface area contributed by atoms with Crippen LogP contribution in [0.4, 0.5) is 5.69 Å². The number of hydrogen-bond donors (Lipinski definition) is 6. The number of nitrogens with zero attached hydrogens (tertiary/aromatic N) is 3. The Bertz CT molecular complexity index is 3410. The van der Waals surface area contributed by atoms with Crippen molar-refractivity contribution in [2.24, 2.45) is 0 Å². The second kappa shape index (κ2) is 26.7. The molecule has 0 atom stereocenters. The zero-order valence-electron chi connectivity index (χ0n) is 41.2. The summed E-state index contributed by atoms with van der Waals surface area (Å²) in [5.41, 5.74) is 5.67. The van der Waals surface area contributed by atoms with Gasteiger partial charge in [-0.25, -0.2) is 4.85 Å². The van der Waals surface area contributed by atoms with Crippen LogP contribution in [0.2, 0.25) is 0 Å². The Morgan fingerprint density at radius 3 is 1.31 bits per heavy atom. The number of rotatable bonds is 18. The molecule has 0 radical (unpaired) electrons. The molecule has 0 saturated heterocycles. The summed E-state index contributed by atoms with van der Waals surface area (Å²) in [6.07, 6.45) is 0. The third kappa shape index (κ3) is 14.6. The molecule has 0 unspecified atom stereocenters. The molecule has 0 aliphatic carbocycles. The van der Waals surface area contributed by atoms with Gasteiger partial charge in [-0.2, -0.15) is 10.5 Å². The van der Waals surface area contributed by atoms with Crippen molar-refractivity contribution in [3.05, 3.63) is 220 Å². The molecule has 0 fully saturated rings. The number of aryl methyl sites for hydroxylation is 1. The van der Waals surface area contributed by atoms with Gasteiger partial charge in [-0.3, -0.25) is 0 Å². The van der Waals surface area contributed by atoms with Gasteiger partial charge in [0.1, 0.15) is 46.0 Å². The summed E-state index contributed by atoms with van der Waals surface area (Å²) in [4.78, 5) is 3.32. The van der Waals surface area contributed by atoms with E-state index in [0.717, 1.165) is 16.6 Å². The van der Waals surface area contributed by atoms with Crippen LogP contribution in [-0.2, 0) is 40.2 Å². The van der Waals surface area contributed by atoms with Gasteiger partial charge in [0.15, 0.2) is 5.69 Å². The van der Waals surface area contributed by atoms with Crippen molar-refractivity contribution in [1.82, 2.24) is 0 Å². The van der Waals surface area contributed by atoms with E-state index in [9.17, 15) is 30.4 Å². The average Bonchev–Trinajstić information content (AvgIpc) is 3.83. The highest BCUT2D eigenvalue weighted by Gasteiger charge is 2.36. The zero-order chi connectivity index (χ0) is 53.6. The van der Waals surface area contributed by atoms with E-state index in [0.29, 0.717) is 75.0 Å². The van der Waals surface area contributed by atoms with Gasteiger partial charge in [-0.1, -0.05) is 54.1 Å². The Morgan fingerprint density at radius 2 is 0.896 bits per heavy atom. The number of nitriles is 2. The summed E-state index contributed by atoms with van der Waals surface area (Å²) in [5, 5.41) is 81.8. The molecule has 1 heterocycles. The summed E-state index contributed by atoms with van der Waals surface area (Å²) in [6, 6.07) is 50.8. The summed E-state index contributed by atoms with van der Waals surface area (Å²) < 4.78 is 40.8. The maximum atomic E-state index is 11.5. The monoisotopic (exact) mass is 1030 g/mol. The first-order valence-corrected chi connectivity index (χ1v) is 23.5. The van der Waals surface area contributed by atoms with E-state index in [2.05, 4.69) is 4.85 Å². The van der Waals surface area contributed by atoms with Crippen LogP contribution in [0.3, 0.4) is 0 Å². The normalized spacial score (nSPS) is 11.0. The molecule has 8 aromatic carbocycles. The lowest BCUT2D eigenvalue weighted by Gasteiger charge is -2.23. The third-order valence-corrected chi connectivity index (χ3v) is 11.8. The van der Waals surface area contributed by atoms with Crippen molar-refractivity contribution in [2.45, 2.75) is 33.4 Å². The standard InChI is InChI=1S/C42H35B3N2O10.C14H10BNO3.H2O/c1-28-2-8-34(9-3-28)53-37-14-17-40(31(20-37)25-48)43(51)56-45(42-19-16-39(22-33(42)27-50)55-36-12-6-30(24-47)7-13-36)57-44(52)41-18-15-38(21-32(41)26-49)54-35-10-4-29(23-46)5-11-35;1-16-11-2-4-12(5-3-11)19-13-6-7-14-10(8-13)9-18-15(14)17;/h2-22,48-52H,25-27H2,1H3;2-8,17H,9H2;1H2. The van der Waals surface area contributed by atoms with Crippen molar-refractivity contribution < 1.29 is 68.6 Å². The first-order chi connectivity index (χ1) is 36.9. The number of ether oxygens (including phenoxy) is 4. The highest BCUT2D eigenvalue weighted by molar-refractivity contribution is 6.79. The number of hydrogen-bond acceptors (Lipinski definition) is 15. The van der Waals surface area contributed by atoms with Gasteiger partial charge in [0.25, 0.3) is 0 Å². The highest BCUT2D eigenvalue weighted by atomic mass is 16.6. The number of aliphatic hydroxyl groups is 3. The molecule has 77 heavy (non-hydrogen) atoms. The summed E-state index contributed by atoms with van der Waals surface area (Å²) in [7, 11) is -5.84. The third-order valence-electron chi connectivity index (χ3n) is 11.8. The maximum Gasteiger partial charge on any atom is 0.491 e. The SMILES string of the molecule is Cc1ccc(Oc2ccc(B(O)OB(OB(O)c3ccc(Oc4ccc(C#N)cc4)cc3CO)c3ccc(Oc4ccc(C#N)cc4)cc3CO)c(CO)c2)cc1.O.[C-]#[N+]c1ccc(Oc2ccc3c(c2)COB3O)cc1. The predicted molar refractivity (Wildman–Crippen MR) is 289 cm³/mol. The first kappa shape index (κ1) is 56.0. The maximum absolute atomic E-state index is 11.5. The Hall–Kier alpha value is -8.71. The Labute approximate surface area is 445 Å². The van der Waals surface area contributed by atoms with Crippen LogP contribution in [0.1, 0.15) is 38.9 Å². The Morgan fingerprint density at radius 1 is 0.532 bits per heavy atom. The van der Waals surface area contributed by atoms with Gasteiger partial charge in [-0.05, 0) is 172 Å². The van der Waals surface area contributed by atoms with Gasteiger partial charge in [0.2, 0.25) is 0 Å². The van der Waals surface area contributed by atoms with Crippen LogP contribution in [0.15, 0.2) is 170 Å². The average molecular weight is 1030 g/mol. The summed E-state index contributed by atoms with van der Waals surface area (Å²) in [6.45, 7) is 7.73. The van der Waals surface area contributed by atoms with Crippen molar-refractivity contribution in [3.63, 3.8) is 0 Å². The Kier molecular flexibility index (Phi) is 19.4. The fourth-order valence-electron chi connectivity index (χ4n) is 7.82. The molecule has 8 N–H and O–H groups in total. The van der Waals surface area contributed by atoms with Gasteiger partial charge < -0.3 is 68.6 Å². The van der Waals surface area contributed by atoms with Crippen LogP contribution in [-0.4, -0.2) is 64.3 Å². The molecule has 1 aliphatic heterocycles. The minimum Gasteiger partial charge on any atom is -0.457 e. The fraction of sp³-hybridized carbons (Fsp3) is 0.0893. The van der Waals surface area contributed by atoms with Crippen LogP contribution < -0.4 is 40.8 Å². The van der Waals surface area contributed by atoms with Crippen molar-refractivity contribution in [3.8, 4) is 58.1 Å². The van der Waals surface area contributed by atoms with E-state index >= 15 is 0 Å². The van der Waals surface area contributed by atoms with Crippen molar-refractivity contribution in [2.75, 3.05) is 0 Å². The van der Waals surface area contributed by atoms with Crippen LogP contribution in [0.25, 0.3) is 4.85 Å². The van der Waals surface area contributed by atoms with Crippen LogP contribution in [0, 0.1) is 36.2 Å². The lowest BCUT2D eigenvalue weighted by molar-refractivity contribution is 0.275. The van der Waals surface area contributed by atoms with E-state index in [-0.39, 0.29) is 33.0 Å². The zero-order valence-corrected chi connectivity index (χ0v) is 41.2. The second-order valence-corrected chi connectivity index (χ2v) is 17.0. The second-order valence-electron chi connectivity index (χ2n) is 17.0. The quantitative estimate of drug-likeness (QED) is 0.0456. The molecule has 17 nitrogen and oxygen atoms in total. The molecule has 0 bridgehead atoms. The lowest BCUT2D eigenvalue weighted by atomic mass is 9.65. The molecule has 9 rings (SSSR count). The summed E-state index contributed by atoms with van der Waals surface area (Å²) in [5.74, 6) is 3.91. The molecule has 21 heteroatoms. The molecule has 8 aromatic rings. The number of benzene rings is 8. The molecule has 0 aromatic heterocycles. The van der Waals surface area contributed by atoms with E-state index in [1.807, 2.05) is 49.4 Å². The lowest BCUT2D eigenvalue weighted by Crippen LogP contribution is -2.53. The highest BCUT2D eigenvalue weighted by Crippen LogP contribution is 2.28. The van der Waals surface area contributed by atoms with Gasteiger partial charge in [-0.15, -0.1) is 0 Å². The van der Waals surface area contributed by atoms with Crippen LogP contribution >= 0.6 is 0 Å². The van der Waals surface area contributed by atoms with Gasteiger partial charge in [0.05, 0.1) is 56.3 Å². The van der Waals surface area contributed by atoms with E-state index in [1.165, 1.54) is 24.3 Å². The first-order valence-electron chi connectivity index (χ1n) is 23.5. The topological polar surface area (TPSA) is 269 Å². The van der Waals surface area contributed by atoms with Crippen LogP contribution in [0.5, 0.6) is 46.0 Å². The number of aliphatic hydroxyl groups excluding tert-OH is 3. The van der Waals surface area contributed by atoms with Crippen molar-refractivity contribution in [1.29, 1.82) is 10.5 Å². The molecular formula is C56H47B4N3O14. The molecule has 0 amide bonds. The molecule has 1 aliphatic rings. The largest absolute Gasteiger partial charge is 0.491 e. The summed E-state index contributed by atoms with van der Waals surface area (Å²) >= 11 is 0. The molecule has 0 spiro atoms. The Balaban J connectivity index is 0.000000359. The number of fused-ring (bicyclic) bond motifs is 1. The van der Waals surface area contributed by atoms with Crippen molar-refractivity contribution >= 4 is 56.0 Å². The van der Waals surface area contributed by atoms with E-state index in [1.54, 1.807) is 115 Å². The molecule has 0 saturated carbocycles. The van der Waals surface area contributed by atoms with Gasteiger partial charge in [0, 0.05) is 0 Å². The predicted octanol–water partition coefficient (Wildman–Crippen LogP) is 5.52. The fourth-order valence-corrected chi connectivity index (χ4v) is 7.82. The minimum atomic E-state index is -1.74. The molecular weight excluding hydrogens is 982 g/mol. The molecule has 382 valence electrons. The van der Waals surface area contributed by atoms with E-state index in [4.69, 9.17) is 49.8 Å². The van der Waals surface area contributed by atoms with E-state index < -0.39 is 48.3 Å². The van der Waals surface area contributed by atoms with Gasteiger partial charge >= 0.3 is 28.5 Å².